The minimum Gasteiger partial charge on any atom is -0.385 e. The zero-order valence-electron chi connectivity index (χ0n) is 15.0. The lowest BCUT2D eigenvalue weighted by molar-refractivity contribution is -0.121. The summed E-state index contributed by atoms with van der Waals surface area (Å²) in [5.74, 6) is -0.354. The number of unbranched alkanes of at least 4 members (excludes halogenated alkanes) is 2. The van der Waals surface area contributed by atoms with Crippen LogP contribution in [0.3, 0.4) is 0 Å². The smallest absolute Gasteiger partial charge is 0.385 e. The summed E-state index contributed by atoms with van der Waals surface area (Å²) in [4.78, 5) is 32.3. The van der Waals surface area contributed by atoms with Crippen LogP contribution in [0.15, 0.2) is 0 Å². The monoisotopic (exact) mass is 381 g/mol. The molecule has 0 fully saturated rings. The van der Waals surface area contributed by atoms with E-state index in [1.165, 1.54) is 0 Å². The first-order valence-electron chi connectivity index (χ1n) is 8.33. The van der Waals surface area contributed by atoms with Gasteiger partial charge in [0.2, 0.25) is 11.8 Å². The number of methoxy groups -OCH3 is 2. The van der Waals surface area contributed by atoms with Crippen molar-refractivity contribution in [3.8, 4) is 0 Å². The van der Waals surface area contributed by atoms with E-state index in [-0.39, 0.29) is 24.9 Å². The van der Waals surface area contributed by atoms with E-state index in [1.807, 2.05) is 0 Å². The van der Waals surface area contributed by atoms with Crippen molar-refractivity contribution in [1.82, 2.24) is 10.6 Å². The van der Waals surface area contributed by atoms with Crippen molar-refractivity contribution in [2.24, 2.45) is 0 Å². The molecule has 10 heteroatoms. The van der Waals surface area contributed by atoms with E-state index in [2.05, 4.69) is 10.6 Å². The Bertz CT molecular complexity index is 368. The van der Waals surface area contributed by atoms with Crippen molar-refractivity contribution in [2.45, 2.75) is 44.6 Å². The molecular formula is C15H30N2O7P+. The predicted octanol–water partition coefficient (Wildman–Crippen LogP) is 0.887. The second-order valence-corrected chi connectivity index (χ2v) is 6.16. The van der Waals surface area contributed by atoms with Crippen LogP contribution >= 0.6 is 8.25 Å². The van der Waals surface area contributed by atoms with Gasteiger partial charge in [-0.3, -0.25) is 9.59 Å². The van der Waals surface area contributed by atoms with Gasteiger partial charge in [-0.25, -0.2) is 0 Å². The third kappa shape index (κ3) is 16.1. The molecule has 1 atom stereocenters. The fraction of sp³-hybridized carbons (Fsp3) is 0.867. The van der Waals surface area contributed by atoms with Gasteiger partial charge in [-0.1, -0.05) is 0 Å². The topological polar surface area (TPSA) is 123 Å². The summed E-state index contributed by atoms with van der Waals surface area (Å²) in [6, 6.07) is 0. The lowest BCUT2D eigenvalue weighted by atomic mass is 10.2. The van der Waals surface area contributed by atoms with Crippen molar-refractivity contribution >= 4 is 20.1 Å². The van der Waals surface area contributed by atoms with Gasteiger partial charge >= 0.3 is 8.25 Å². The normalized spacial score (nSPS) is 11.4. The summed E-state index contributed by atoms with van der Waals surface area (Å²) < 4.78 is 25.5. The van der Waals surface area contributed by atoms with Gasteiger partial charge in [-0.15, -0.1) is 9.42 Å². The van der Waals surface area contributed by atoms with Crippen LogP contribution in [0.1, 0.15) is 38.5 Å². The average molecular weight is 381 g/mol. The van der Waals surface area contributed by atoms with Gasteiger partial charge in [0.25, 0.3) is 0 Å². The van der Waals surface area contributed by atoms with E-state index >= 15 is 0 Å². The van der Waals surface area contributed by atoms with Crippen LogP contribution in [0, 0.1) is 0 Å². The van der Waals surface area contributed by atoms with E-state index in [0.29, 0.717) is 38.9 Å². The van der Waals surface area contributed by atoms with Gasteiger partial charge in [0.15, 0.2) is 6.10 Å². The molecule has 146 valence electrons. The lowest BCUT2D eigenvalue weighted by Crippen LogP contribution is -2.40. The maximum Gasteiger partial charge on any atom is 0.695 e. The third-order valence-corrected chi connectivity index (χ3v) is 3.78. The fourth-order valence-electron chi connectivity index (χ4n) is 1.97. The van der Waals surface area contributed by atoms with Gasteiger partial charge < -0.3 is 20.1 Å². The Morgan fingerprint density at radius 1 is 0.920 bits per heavy atom. The summed E-state index contributed by atoms with van der Waals surface area (Å²) in [6.45, 7) is 1.30. The van der Waals surface area contributed by atoms with Crippen LogP contribution in [0.5, 0.6) is 0 Å². The maximum atomic E-state index is 11.7. The second-order valence-electron chi connectivity index (χ2n) is 5.47. The van der Waals surface area contributed by atoms with Gasteiger partial charge in [-0.2, -0.15) is 0 Å². The van der Waals surface area contributed by atoms with E-state index in [4.69, 9.17) is 18.9 Å². The number of rotatable bonds is 16. The molecular weight excluding hydrogens is 351 g/mol. The van der Waals surface area contributed by atoms with Crippen LogP contribution < -0.4 is 10.6 Å². The van der Waals surface area contributed by atoms with E-state index in [9.17, 15) is 14.2 Å². The molecule has 0 saturated heterocycles. The van der Waals surface area contributed by atoms with E-state index in [1.54, 1.807) is 14.2 Å². The molecule has 0 aliphatic rings. The summed E-state index contributed by atoms with van der Waals surface area (Å²) in [7, 11) is 0.383. The zero-order valence-corrected chi connectivity index (χ0v) is 15.9. The molecule has 9 nitrogen and oxygen atoms in total. The molecule has 0 aliphatic carbocycles. The fourth-order valence-corrected chi connectivity index (χ4v) is 2.37. The number of amides is 2. The highest BCUT2D eigenvalue weighted by Crippen LogP contribution is 2.17. The molecule has 0 aromatic rings. The quantitative estimate of drug-likeness (QED) is 0.268. The standard InChI is InChI=1S/C15H29N2O7P/c1-22-9-5-3-7-14(18)16-11-13(24-25(20)21)12-17-15(19)8-4-6-10-23-2/h13H,3-12H2,1-2H3,(H2-,16,17,18,19,20,21)/p+1. The largest absolute Gasteiger partial charge is 0.695 e. The Morgan fingerprint density at radius 2 is 1.36 bits per heavy atom. The molecule has 25 heavy (non-hydrogen) atoms. The van der Waals surface area contributed by atoms with Crippen molar-refractivity contribution in [1.29, 1.82) is 0 Å². The van der Waals surface area contributed by atoms with Gasteiger partial charge in [0.05, 0.1) is 13.1 Å². The minimum absolute atomic E-state index is 0.0503. The molecule has 0 aromatic heterocycles. The number of hydrogen-bond acceptors (Lipinski definition) is 6. The summed E-state index contributed by atoms with van der Waals surface area (Å²) in [5, 5.41) is 5.27. The van der Waals surface area contributed by atoms with Crippen LogP contribution in [0.4, 0.5) is 0 Å². The number of ether oxygens (including phenoxy) is 2. The van der Waals surface area contributed by atoms with Crippen LogP contribution in [-0.4, -0.2) is 63.3 Å². The number of hydrogen-bond donors (Lipinski definition) is 3. The van der Waals surface area contributed by atoms with Gasteiger partial charge in [0.1, 0.15) is 0 Å². The molecule has 0 radical (unpaired) electrons. The summed E-state index contributed by atoms with van der Waals surface area (Å²) >= 11 is 0. The molecule has 0 heterocycles. The van der Waals surface area contributed by atoms with Crippen LogP contribution in [-0.2, 0) is 28.2 Å². The number of carbonyl (C=O) groups is 2. The number of carbonyl (C=O) groups excluding carboxylic acids is 2. The van der Waals surface area contributed by atoms with Crippen LogP contribution in [0.2, 0.25) is 0 Å². The van der Waals surface area contributed by atoms with Gasteiger partial charge in [-0.05, 0) is 25.7 Å². The Balaban J connectivity index is 4.04. The second kappa shape index (κ2) is 16.4. The van der Waals surface area contributed by atoms with E-state index < -0.39 is 14.4 Å². The Labute approximate surface area is 149 Å². The molecule has 0 bridgehead atoms. The minimum atomic E-state index is -2.82. The first-order valence-corrected chi connectivity index (χ1v) is 9.46. The highest BCUT2D eigenvalue weighted by atomic mass is 31.1. The molecule has 1 unspecified atom stereocenters. The molecule has 3 N–H and O–H groups in total. The maximum absolute atomic E-state index is 11.7. The molecule has 0 saturated carbocycles. The predicted molar refractivity (Wildman–Crippen MR) is 92.2 cm³/mol. The first-order chi connectivity index (χ1) is 12.0. The highest BCUT2D eigenvalue weighted by molar-refractivity contribution is 7.32. The third-order valence-electron chi connectivity index (χ3n) is 3.30. The van der Waals surface area contributed by atoms with Crippen molar-refractivity contribution in [3.63, 3.8) is 0 Å². The average Bonchev–Trinajstić information content (AvgIpc) is 2.57. The highest BCUT2D eigenvalue weighted by Gasteiger charge is 2.24. The molecule has 0 aromatic carbocycles. The number of nitrogens with one attached hydrogen (secondary N) is 2. The molecule has 0 spiro atoms. The first kappa shape index (κ1) is 23.9. The van der Waals surface area contributed by atoms with Crippen molar-refractivity contribution < 1.29 is 33.0 Å². The van der Waals surface area contributed by atoms with E-state index in [0.717, 1.165) is 12.8 Å². The molecule has 0 rings (SSSR count). The SMILES string of the molecule is COCCCCC(=O)NCC(CNC(=O)CCCCOC)O[P+](=O)O. The van der Waals surface area contributed by atoms with Crippen molar-refractivity contribution in [3.05, 3.63) is 0 Å². The van der Waals surface area contributed by atoms with Crippen LogP contribution in [0.25, 0.3) is 0 Å². The zero-order chi connectivity index (χ0) is 18.9. The Hall–Kier alpha value is -1.12. The Kier molecular flexibility index (Phi) is 15.6. The van der Waals surface area contributed by atoms with Crippen molar-refractivity contribution in [2.75, 3.05) is 40.5 Å². The Morgan fingerprint density at radius 3 is 1.72 bits per heavy atom. The molecule has 0 aliphatic heterocycles. The summed E-state index contributed by atoms with van der Waals surface area (Å²) in [6.07, 6.45) is 2.87. The summed E-state index contributed by atoms with van der Waals surface area (Å²) in [5.41, 5.74) is 0. The molecule has 2 amide bonds. The lowest BCUT2D eigenvalue weighted by Gasteiger charge is -2.13. The van der Waals surface area contributed by atoms with Gasteiger partial charge in [0, 0.05) is 44.8 Å².